The maximum absolute atomic E-state index is 11.8. The molecule has 1 unspecified atom stereocenters. The lowest BCUT2D eigenvalue weighted by Crippen LogP contribution is -2.44. The number of nitrogens with one attached hydrogen (secondary N) is 2. The largest absolute Gasteiger partial charge is 0.389 e. The van der Waals surface area contributed by atoms with Gasteiger partial charge in [0.25, 0.3) is 5.91 Å². The number of likely N-dealkylation sites (N-methyl/N-ethyl adjacent to an activating group) is 1. The minimum Gasteiger partial charge on any atom is -0.389 e. The van der Waals surface area contributed by atoms with Gasteiger partial charge in [0.2, 0.25) is 5.91 Å². The first-order chi connectivity index (χ1) is 8.95. The zero-order valence-corrected chi connectivity index (χ0v) is 11.6. The van der Waals surface area contributed by atoms with Crippen molar-refractivity contribution in [1.82, 2.24) is 15.6 Å². The number of amides is 2. The van der Waals surface area contributed by atoms with Crippen LogP contribution in [0.5, 0.6) is 0 Å². The van der Waals surface area contributed by atoms with Crippen molar-refractivity contribution < 1.29 is 9.59 Å². The maximum Gasteiger partial charge on any atom is 0.270 e. The van der Waals surface area contributed by atoms with Gasteiger partial charge in [0.05, 0.1) is 0 Å². The summed E-state index contributed by atoms with van der Waals surface area (Å²) in [7, 11) is 0. The number of rotatable bonds is 5. The summed E-state index contributed by atoms with van der Waals surface area (Å²) in [5.74, 6) is -0.663. The van der Waals surface area contributed by atoms with Gasteiger partial charge >= 0.3 is 0 Å². The first-order valence-electron chi connectivity index (χ1n) is 5.80. The minimum absolute atomic E-state index is 0.205. The molecule has 0 aliphatic rings. The third-order valence-electron chi connectivity index (χ3n) is 2.37. The smallest absolute Gasteiger partial charge is 0.270 e. The fourth-order valence-electron chi connectivity index (χ4n) is 1.34. The average molecular weight is 280 g/mol. The second-order valence-electron chi connectivity index (χ2n) is 3.89. The Balaban J connectivity index is 2.68. The lowest BCUT2D eigenvalue weighted by Gasteiger charge is -2.12. The van der Waals surface area contributed by atoms with E-state index in [1.807, 2.05) is 6.92 Å². The van der Waals surface area contributed by atoms with Crippen molar-refractivity contribution in [3.63, 3.8) is 0 Å². The molecule has 1 heterocycles. The van der Waals surface area contributed by atoms with E-state index in [0.717, 1.165) is 0 Å². The van der Waals surface area contributed by atoms with Crippen LogP contribution in [0.15, 0.2) is 18.3 Å². The summed E-state index contributed by atoms with van der Waals surface area (Å²) in [5, 5.41) is 5.17. The van der Waals surface area contributed by atoms with Gasteiger partial charge in [-0.3, -0.25) is 14.6 Å². The van der Waals surface area contributed by atoms with Crippen LogP contribution < -0.4 is 16.4 Å². The molecule has 0 bridgehead atoms. The topological polar surface area (TPSA) is 97.1 Å². The minimum atomic E-state index is -0.621. The molecule has 102 valence electrons. The Labute approximate surface area is 116 Å². The van der Waals surface area contributed by atoms with Crippen molar-refractivity contribution in [1.29, 1.82) is 0 Å². The third kappa shape index (κ3) is 4.29. The van der Waals surface area contributed by atoms with Gasteiger partial charge in [0.15, 0.2) is 0 Å². The molecule has 6 nitrogen and oxygen atoms in total. The zero-order chi connectivity index (χ0) is 14.4. The normalized spacial score (nSPS) is 11.5. The maximum atomic E-state index is 11.8. The van der Waals surface area contributed by atoms with E-state index in [-0.39, 0.29) is 16.6 Å². The van der Waals surface area contributed by atoms with E-state index >= 15 is 0 Å². The highest BCUT2D eigenvalue weighted by atomic mass is 32.1. The number of nitrogens with zero attached hydrogens (tertiary/aromatic N) is 1. The van der Waals surface area contributed by atoms with Crippen LogP contribution in [0.25, 0.3) is 0 Å². The fraction of sp³-hybridized carbons (Fsp3) is 0.333. The van der Waals surface area contributed by atoms with E-state index in [1.165, 1.54) is 12.3 Å². The number of nitrogens with two attached hydrogens (primary N) is 1. The predicted octanol–water partition coefficient (Wildman–Crippen LogP) is -0.0298. The molecule has 0 aliphatic carbocycles. The van der Waals surface area contributed by atoms with Crippen LogP contribution in [0.3, 0.4) is 0 Å². The van der Waals surface area contributed by atoms with Gasteiger partial charge in [0, 0.05) is 18.3 Å². The Morgan fingerprint density at radius 1 is 1.47 bits per heavy atom. The first-order valence-corrected chi connectivity index (χ1v) is 6.21. The predicted molar refractivity (Wildman–Crippen MR) is 75.7 cm³/mol. The van der Waals surface area contributed by atoms with E-state index in [1.54, 1.807) is 13.0 Å². The fourth-order valence-corrected chi connectivity index (χ4v) is 1.46. The van der Waals surface area contributed by atoms with E-state index in [2.05, 4.69) is 15.6 Å². The summed E-state index contributed by atoms with van der Waals surface area (Å²) in [4.78, 5) is 27.5. The molecule has 1 rings (SSSR count). The van der Waals surface area contributed by atoms with Crippen molar-refractivity contribution in [2.45, 2.75) is 19.9 Å². The number of carbonyl (C=O) groups excluding carboxylic acids is 2. The Bertz CT molecular complexity index is 487. The second kappa shape index (κ2) is 6.79. The van der Waals surface area contributed by atoms with Crippen LogP contribution in [0, 0.1) is 0 Å². The standard InChI is InChI=1S/C12H16N4O2S/c1-3-14-11(17)7(2)16-12(18)9-5-4-8(6-15-9)10(13)19/h4-7H,3H2,1-2H3,(H2,13,19)(H,14,17)(H,16,18). The Hall–Kier alpha value is -2.02. The number of thiocarbonyl (C=S) groups is 1. The van der Waals surface area contributed by atoms with Crippen molar-refractivity contribution >= 4 is 29.0 Å². The quantitative estimate of drug-likeness (QED) is 0.658. The van der Waals surface area contributed by atoms with Gasteiger partial charge in [-0.05, 0) is 26.0 Å². The summed E-state index contributed by atoms with van der Waals surface area (Å²) >= 11 is 4.79. The van der Waals surface area contributed by atoms with Crippen LogP contribution in [0.1, 0.15) is 29.9 Å². The molecule has 19 heavy (non-hydrogen) atoms. The summed E-state index contributed by atoms with van der Waals surface area (Å²) in [5.41, 5.74) is 6.22. The molecular weight excluding hydrogens is 264 g/mol. The second-order valence-corrected chi connectivity index (χ2v) is 4.33. The van der Waals surface area contributed by atoms with Crippen LogP contribution in [0.2, 0.25) is 0 Å². The molecule has 1 aromatic heterocycles. The van der Waals surface area contributed by atoms with Gasteiger partial charge < -0.3 is 16.4 Å². The molecule has 0 fully saturated rings. The first kappa shape index (κ1) is 15.0. The van der Waals surface area contributed by atoms with E-state index in [0.29, 0.717) is 12.1 Å². The molecule has 0 aliphatic heterocycles. The molecule has 4 N–H and O–H groups in total. The van der Waals surface area contributed by atoms with Crippen LogP contribution in [-0.2, 0) is 4.79 Å². The molecule has 0 saturated heterocycles. The SMILES string of the molecule is CCNC(=O)C(C)NC(=O)c1ccc(C(N)=S)cn1. The highest BCUT2D eigenvalue weighted by Gasteiger charge is 2.16. The molecule has 1 atom stereocenters. The number of hydrogen-bond acceptors (Lipinski definition) is 4. The molecule has 7 heteroatoms. The van der Waals surface area contributed by atoms with Crippen LogP contribution in [0.4, 0.5) is 0 Å². The number of hydrogen-bond donors (Lipinski definition) is 3. The molecule has 0 spiro atoms. The molecule has 0 radical (unpaired) electrons. The summed E-state index contributed by atoms with van der Waals surface area (Å²) < 4.78 is 0. The zero-order valence-electron chi connectivity index (χ0n) is 10.8. The molecule has 1 aromatic rings. The molecular formula is C12H16N4O2S. The highest BCUT2D eigenvalue weighted by molar-refractivity contribution is 7.80. The highest BCUT2D eigenvalue weighted by Crippen LogP contribution is 2.00. The molecule has 0 aromatic carbocycles. The third-order valence-corrected chi connectivity index (χ3v) is 2.61. The van der Waals surface area contributed by atoms with Crippen molar-refractivity contribution in [3.8, 4) is 0 Å². The van der Waals surface area contributed by atoms with E-state index in [4.69, 9.17) is 18.0 Å². The molecule has 2 amide bonds. The van der Waals surface area contributed by atoms with Crippen molar-refractivity contribution in [3.05, 3.63) is 29.6 Å². The summed E-state index contributed by atoms with van der Waals surface area (Å²) in [6.07, 6.45) is 1.42. The summed E-state index contributed by atoms with van der Waals surface area (Å²) in [6.45, 7) is 3.93. The number of carbonyl (C=O) groups is 2. The van der Waals surface area contributed by atoms with Gasteiger partial charge in [-0.15, -0.1) is 0 Å². The number of aromatic nitrogens is 1. The Morgan fingerprint density at radius 3 is 2.63 bits per heavy atom. The monoisotopic (exact) mass is 280 g/mol. The van der Waals surface area contributed by atoms with E-state index < -0.39 is 11.9 Å². The summed E-state index contributed by atoms with van der Waals surface area (Å²) in [6, 6.07) is 2.50. The lowest BCUT2D eigenvalue weighted by molar-refractivity contribution is -0.122. The molecule has 0 saturated carbocycles. The number of pyridine rings is 1. The lowest BCUT2D eigenvalue weighted by atomic mass is 10.2. The van der Waals surface area contributed by atoms with Gasteiger partial charge in [-0.25, -0.2) is 0 Å². The average Bonchev–Trinajstić information content (AvgIpc) is 2.38. The van der Waals surface area contributed by atoms with Gasteiger partial charge in [-0.2, -0.15) is 0 Å². The van der Waals surface area contributed by atoms with Gasteiger partial charge in [-0.1, -0.05) is 12.2 Å². The van der Waals surface area contributed by atoms with E-state index in [9.17, 15) is 9.59 Å². The van der Waals surface area contributed by atoms with Crippen molar-refractivity contribution in [2.75, 3.05) is 6.54 Å². The van der Waals surface area contributed by atoms with Gasteiger partial charge in [0.1, 0.15) is 16.7 Å². The Kier molecular flexibility index (Phi) is 5.37. The van der Waals surface area contributed by atoms with Crippen LogP contribution in [-0.4, -0.2) is 34.4 Å². The van der Waals surface area contributed by atoms with Crippen molar-refractivity contribution in [2.24, 2.45) is 5.73 Å². The van der Waals surface area contributed by atoms with Crippen LogP contribution >= 0.6 is 12.2 Å². The Morgan fingerprint density at radius 2 is 2.16 bits per heavy atom.